The van der Waals surface area contributed by atoms with Gasteiger partial charge in [-0.25, -0.2) is 4.79 Å². The Bertz CT molecular complexity index is 727. The van der Waals surface area contributed by atoms with Crippen LogP contribution in [-0.4, -0.2) is 81.1 Å². The molecular formula is C25H39N3O5. The molecule has 1 saturated heterocycles. The Kier molecular flexibility index (Phi) is 9.96. The molecule has 0 unspecified atom stereocenters. The van der Waals surface area contributed by atoms with Gasteiger partial charge in [-0.15, -0.1) is 0 Å². The average Bonchev–Trinajstić information content (AvgIpc) is 2.86. The number of ether oxygens (including phenoxy) is 3. The van der Waals surface area contributed by atoms with Crippen molar-refractivity contribution in [2.45, 2.75) is 63.4 Å². The summed E-state index contributed by atoms with van der Waals surface area (Å²) in [4.78, 5) is 29.4. The molecule has 1 aliphatic heterocycles. The van der Waals surface area contributed by atoms with Crippen LogP contribution in [0.3, 0.4) is 0 Å². The van der Waals surface area contributed by atoms with E-state index in [-0.39, 0.29) is 30.0 Å². The van der Waals surface area contributed by atoms with Crippen molar-refractivity contribution in [1.82, 2.24) is 15.1 Å². The number of nitrogens with one attached hydrogen (secondary N) is 1. The third kappa shape index (κ3) is 7.42. The minimum absolute atomic E-state index is 0.0560. The number of amides is 2. The first-order chi connectivity index (χ1) is 16.0. The van der Waals surface area contributed by atoms with Gasteiger partial charge in [0.25, 0.3) is 0 Å². The van der Waals surface area contributed by atoms with Crippen molar-refractivity contribution >= 4 is 12.0 Å². The van der Waals surface area contributed by atoms with Gasteiger partial charge in [-0.3, -0.25) is 9.69 Å². The molecule has 0 bridgehead atoms. The Morgan fingerprint density at radius 2 is 1.64 bits per heavy atom. The van der Waals surface area contributed by atoms with Crippen molar-refractivity contribution in [3.63, 3.8) is 0 Å². The van der Waals surface area contributed by atoms with Crippen molar-refractivity contribution in [2.24, 2.45) is 5.92 Å². The number of urea groups is 1. The third-order valence-corrected chi connectivity index (χ3v) is 6.97. The van der Waals surface area contributed by atoms with E-state index in [1.807, 2.05) is 11.0 Å². The maximum atomic E-state index is 13.3. The summed E-state index contributed by atoms with van der Waals surface area (Å²) in [6.45, 7) is 3.21. The highest BCUT2D eigenvalue weighted by molar-refractivity contribution is 5.75. The molecule has 0 atom stereocenters. The predicted molar refractivity (Wildman–Crippen MR) is 126 cm³/mol. The largest absolute Gasteiger partial charge is 0.469 e. The van der Waals surface area contributed by atoms with Crippen LogP contribution in [0.4, 0.5) is 4.79 Å². The van der Waals surface area contributed by atoms with E-state index >= 15 is 0 Å². The molecule has 1 aliphatic carbocycles. The minimum atomic E-state index is -0.465. The van der Waals surface area contributed by atoms with E-state index in [9.17, 15) is 9.59 Å². The molecule has 8 nitrogen and oxygen atoms in total. The van der Waals surface area contributed by atoms with Crippen LogP contribution >= 0.6 is 0 Å². The maximum absolute atomic E-state index is 13.3. The lowest BCUT2D eigenvalue weighted by Crippen LogP contribution is -2.55. The molecule has 3 rings (SSSR count). The van der Waals surface area contributed by atoms with Crippen LogP contribution in [0.25, 0.3) is 0 Å². The molecule has 1 saturated carbocycles. The summed E-state index contributed by atoms with van der Waals surface area (Å²) in [5, 5.41) is 3.21. The number of esters is 1. The zero-order valence-corrected chi connectivity index (χ0v) is 20.2. The van der Waals surface area contributed by atoms with Crippen LogP contribution in [-0.2, 0) is 25.5 Å². The molecule has 1 aromatic rings. The molecule has 1 N–H and O–H groups in total. The Morgan fingerprint density at radius 1 is 1.00 bits per heavy atom. The summed E-state index contributed by atoms with van der Waals surface area (Å²) in [6, 6.07) is 10.6. The minimum Gasteiger partial charge on any atom is -0.469 e. The molecule has 0 spiro atoms. The molecule has 2 amide bonds. The van der Waals surface area contributed by atoms with E-state index < -0.39 is 6.29 Å². The number of nitrogens with zero attached hydrogens (tertiary/aromatic N) is 2. The topological polar surface area (TPSA) is 80.3 Å². The number of methoxy groups -OCH3 is 3. The summed E-state index contributed by atoms with van der Waals surface area (Å²) >= 11 is 0. The second-order valence-electron chi connectivity index (χ2n) is 9.07. The smallest absolute Gasteiger partial charge is 0.318 e. The number of carbonyl (C=O) groups excluding carboxylic acids is 2. The molecule has 1 aromatic carbocycles. The lowest BCUT2D eigenvalue weighted by molar-refractivity contribution is -0.146. The van der Waals surface area contributed by atoms with Crippen LogP contribution in [0.15, 0.2) is 30.3 Å². The van der Waals surface area contributed by atoms with Gasteiger partial charge in [0, 0.05) is 45.9 Å². The molecule has 2 fully saturated rings. The monoisotopic (exact) mass is 461 g/mol. The van der Waals surface area contributed by atoms with Gasteiger partial charge in [-0.2, -0.15) is 0 Å². The highest BCUT2D eigenvalue weighted by Gasteiger charge is 2.33. The van der Waals surface area contributed by atoms with Crippen molar-refractivity contribution in [1.29, 1.82) is 0 Å². The number of hydrogen-bond acceptors (Lipinski definition) is 6. The van der Waals surface area contributed by atoms with Gasteiger partial charge in [0.15, 0.2) is 6.29 Å². The van der Waals surface area contributed by atoms with Crippen LogP contribution in [0.1, 0.15) is 44.1 Å². The molecule has 0 aromatic heterocycles. The molecular weight excluding hydrogens is 422 g/mol. The number of rotatable bonds is 9. The molecule has 8 heteroatoms. The van der Waals surface area contributed by atoms with Crippen molar-refractivity contribution in [3.05, 3.63) is 35.9 Å². The number of carbonyl (C=O) groups is 2. The molecule has 2 aliphatic rings. The summed E-state index contributed by atoms with van der Waals surface area (Å²) in [5.74, 6) is -0.203. The summed E-state index contributed by atoms with van der Waals surface area (Å²) in [7, 11) is 4.63. The first kappa shape index (κ1) is 25.5. The third-order valence-electron chi connectivity index (χ3n) is 6.97. The Morgan fingerprint density at radius 3 is 2.21 bits per heavy atom. The van der Waals surface area contributed by atoms with E-state index in [2.05, 4.69) is 34.5 Å². The standard InChI is InChI=1S/C25H39N3O5/c1-31-23(32-2)18-28(25(30)26-21-11-9-20(10-12-21)24(29)33-3)22-13-15-27(16-14-22)17-19-7-5-4-6-8-19/h4-8,20-23H,9-18H2,1-3H3,(H,26,30). The second-order valence-corrected chi connectivity index (χ2v) is 9.07. The van der Waals surface area contributed by atoms with E-state index in [4.69, 9.17) is 14.2 Å². The first-order valence-corrected chi connectivity index (χ1v) is 12.0. The second kappa shape index (κ2) is 12.9. The number of piperidine rings is 1. The molecule has 0 radical (unpaired) electrons. The van der Waals surface area contributed by atoms with E-state index in [0.717, 1.165) is 58.2 Å². The fourth-order valence-corrected chi connectivity index (χ4v) is 4.93. The highest BCUT2D eigenvalue weighted by atomic mass is 16.7. The predicted octanol–water partition coefficient (Wildman–Crippen LogP) is 3.01. The SMILES string of the molecule is COC(=O)C1CCC(NC(=O)N(CC(OC)OC)C2CCN(Cc3ccccc3)CC2)CC1. The van der Waals surface area contributed by atoms with Crippen molar-refractivity contribution in [3.8, 4) is 0 Å². The Balaban J connectivity index is 1.55. The van der Waals surface area contributed by atoms with Gasteiger partial charge >= 0.3 is 12.0 Å². The first-order valence-electron chi connectivity index (χ1n) is 12.0. The fourth-order valence-electron chi connectivity index (χ4n) is 4.93. The molecule has 1 heterocycles. The Labute approximate surface area is 197 Å². The zero-order valence-electron chi connectivity index (χ0n) is 20.2. The number of likely N-dealkylation sites (tertiary alicyclic amines) is 1. The summed E-state index contributed by atoms with van der Waals surface area (Å²) in [5.41, 5.74) is 1.31. The Hall–Kier alpha value is -2.16. The van der Waals surface area contributed by atoms with E-state index in [0.29, 0.717) is 6.54 Å². The summed E-state index contributed by atoms with van der Waals surface area (Å²) in [6.07, 6.45) is 4.42. The van der Waals surface area contributed by atoms with E-state index in [1.165, 1.54) is 12.7 Å². The normalized spacial score (nSPS) is 22.2. The summed E-state index contributed by atoms with van der Waals surface area (Å²) < 4.78 is 15.7. The quantitative estimate of drug-likeness (QED) is 0.450. The van der Waals surface area contributed by atoms with Gasteiger partial charge in [-0.05, 0) is 44.1 Å². The van der Waals surface area contributed by atoms with Gasteiger partial charge in [0.2, 0.25) is 0 Å². The average molecular weight is 462 g/mol. The number of hydrogen-bond donors (Lipinski definition) is 1. The van der Waals surface area contributed by atoms with Crippen LogP contribution in [0, 0.1) is 5.92 Å². The van der Waals surface area contributed by atoms with Gasteiger partial charge in [0.05, 0.1) is 19.6 Å². The van der Waals surface area contributed by atoms with Gasteiger partial charge in [0.1, 0.15) is 0 Å². The molecule has 33 heavy (non-hydrogen) atoms. The van der Waals surface area contributed by atoms with Crippen molar-refractivity contribution in [2.75, 3.05) is 41.0 Å². The fraction of sp³-hybridized carbons (Fsp3) is 0.680. The van der Waals surface area contributed by atoms with Crippen LogP contribution in [0.5, 0.6) is 0 Å². The van der Waals surface area contributed by atoms with Crippen LogP contribution < -0.4 is 5.32 Å². The zero-order chi connectivity index (χ0) is 23.6. The van der Waals surface area contributed by atoms with Crippen LogP contribution in [0.2, 0.25) is 0 Å². The van der Waals surface area contributed by atoms with Gasteiger partial charge in [-0.1, -0.05) is 30.3 Å². The maximum Gasteiger partial charge on any atom is 0.318 e. The van der Waals surface area contributed by atoms with Gasteiger partial charge < -0.3 is 24.4 Å². The van der Waals surface area contributed by atoms with Crippen molar-refractivity contribution < 1.29 is 23.8 Å². The lowest BCUT2D eigenvalue weighted by Gasteiger charge is -2.40. The number of benzene rings is 1. The van der Waals surface area contributed by atoms with E-state index in [1.54, 1.807) is 14.2 Å². The lowest BCUT2D eigenvalue weighted by atomic mass is 9.86. The molecule has 184 valence electrons. The highest BCUT2D eigenvalue weighted by Crippen LogP contribution is 2.26.